The van der Waals surface area contributed by atoms with Crippen LogP contribution in [-0.2, 0) is 16.4 Å². The highest BCUT2D eigenvalue weighted by molar-refractivity contribution is 7.91. The smallest absolute Gasteiger partial charge is 0.152 e. The Morgan fingerprint density at radius 1 is 1.17 bits per heavy atom. The molecular formula is C20H24FN5O2S. The van der Waals surface area contributed by atoms with Crippen molar-refractivity contribution in [3.8, 4) is 5.69 Å². The lowest BCUT2D eigenvalue weighted by Gasteiger charge is -2.14. The van der Waals surface area contributed by atoms with Crippen LogP contribution in [-0.4, -0.2) is 39.5 Å². The van der Waals surface area contributed by atoms with Crippen molar-refractivity contribution < 1.29 is 12.8 Å². The lowest BCUT2D eigenvalue weighted by atomic mass is 10.2. The first kappa shape index (κ1) is 19.6. The second-order valence-corrected chi connectivity index (χ2v) is 9.79. The Labute approximate surface area is 169 Å². The van der Waals surface area contributed by atoms with E-state index in [0.29, 0.717) is 13.0 Å². The second kappa shape index (κ2) is 7.29. The average molecular weight is 418 g/mol. The van der Waals surface area contributed by atoms with E-state index in [9.17, 15) is 12.8 Å². The van der Waals surface area contributed by atoms with Gasteiger partial charge in [0.15, 0.2) is 9.84 Å². The van der Waals surface area contributed by atoms with Crippen molar-refractivity contribution in [2.75, 3.05) is 16.8 Å². The summed E-state index contributed by atoms with van der Waals surface area (Å²) in [6, 6.07) is 8.03. The predicted octanol–water partition coefficient (Wildman–Crippen LogP) is 3.10. The summed E-state index contributed by atoms with van der Waals surface area (Å²) in [5.41, 5.74) is 4.53. The van der Waals surface area contributed by atoms with E-state index in [1.807, 2.05) is 26.8 Å². The maximum atomic E-state index is 13.2. The normalized spacial score (nSPS) is 18.3. The van der Waals surface area contributed by atoms with Gasteiger partial charge in [-0.05, 0) is 51.5 Å². The van der Waals surface area contributed by atoms with Gasteiger partial charge >= 0.3 is 0 Å². The molecule has 0 unspecified atom stereocenters. The fourth-order valence-corrected chi connectivity index (χ4v) is 5.53. The molecule has 4 rings (SSSR count). The Morgan fingerprint density at radius 3 is 2.55 bits per heavy atom. The maximum Gasteiger partial charge on any atom is 0.152 e. The zero-order valence-electron chi connectivity index (χ0n) is 16.7. The van der Waals surface area contributed by atoms with Gasteiger partial charge in [0.25, 0.3) is 0 Å². The Hall–Kier alpha value is -2.68. The maximum absolute atomic E-state index is 13.2. The standard InChI is InChI=1S/C20H24FN5O2S/c1-13-10-20(26(23-13)18-8-9-29(27,28)12-18)22-11-19-14(2)24-25(15(19)3)17-6-4-16(21)5-7-17/h4-7,10,18,22H,8-9,11-12H2,1-3H3/t18-/m0/s1. The molecule has 3 aromatic rings. The van der Waals surface area contributed by atoms with Crippen LogP contribution in [0.5, 0.6) is 0 Å². The number of halogens is 1. The third-order valence-electron chi connectivity index (χ3n) is 5.37. The van der Waals surface area contributed by atoms with Crippen LogP contribution in [0, 0.1) is 26.6 Å². The molecule has 29 heavy (non-hydrogen) atoms. The highest BCUT2D eigenvalue weighted by Gasteiger charge is 2.31. The molecule has 0 bridgehead atoms. The van der Waals surface area contributed by atoms with Gasteiger partial charge in [0.05, 0.1) is 34.6 Å². The molecule has 1 aromatic carbocycles. The number of hydrogen-bond acceptors (Lipinski definition) is 5. The van der Waals surface area contributed by atoms with Crippen molar-refractivity contribution in [3.63, 3.8) is 0 Å². The molecule has 7 nitrogen and oxygen atoms in total. The largest absolute Gasteiger partial charge is 0.366 e. The summed E-state index contributed by atoms with van der Waals surface area (Å²) in [4.78, 5) is 0. The van der Waals surface area contributed by atoms with E-state index < -0.39 is 9.84 Å². The summed E-state index contributed by atoms with van der Waals surface area (Å²) in [5.74, 6) is 0.856. The van der Waals surface area contributed by atoms with Gasteiger partial charge < -0.3 is 5.32 Å². The molecule has 0 saturated carbocycles. The molecule has 0 radical (unpaired) electrons. The monoisotopic (exact) mass is 417 g/mol. The summed E-state index contributed by atoms with van der Waals surface area (Å²) >= 11 is 0. The van der Waals surface area contributed by atoms with E-state index in [0.717, 1.165) is 34.2 Å². The van der Waals surface area contributed by atoms with Crippen molar-refractivity contribution in [1.82, 2.24) is 19.6 Å². The minimum absolute atomic E-state index is 0.128. The molecule has 154 valence electrons. The van der Waals surface area contributed by atoms with Crippen LogP contribution in [0.25, 0.3) is 5.69 Å². The number of nitrogens with one attached hydrogen (secondary N) is 1. The van der Waals surface area contributed by atoms with Gasteiger partial charge in [-0.25, -0.2) is 22.2 Å². The third-order valence-corrected chi connectivity index (χ3v) is 7.12. The number of rotatable bonds is 5. The second-order valence-electron chi connectivity index (χ2n) is 7.56. The van der Waals surface area contributed by atoms with Gasteiger partial charge in [-0.15, -0.1) is 0 Å². The highest BCUT2D eigenvalue weighted by atomic mass is 32.2. The molecule has 2 aromatic heterocycles. The van der Waals surface area contributed by atoms with E-state index in [-0.39, 0.29) is 23.4 Å². The SMILES string of the molecule is Cc1cc(NCc2c(C)nn(-c3ccc(F)cc3)c2C)n([C@H]2CCS(=O)(=O)C2)n1. The van der Waals surface area contributed by atoms with E-state index in [1.165, 1.54) is 12.1 Å². The number of sulfone groups is 1. The summed E-state index contributed by atoms with van der Waals surface area (Å²) in [7, 11) is -2.99. The van der Waals surface area contributed by atoms with Gasteiger partial charge in [0.1, 0.15) is 11.6 Å². The van der Waals surface area contributed by atoms with E-state index in [1.54, 1.807) is 21.5 Å². The zero-order chi connectivity index (χ0) is 20.8. The van der Waals surface area contributed by atoms with Crippen molar-refractivity contribution in [1.29, 1.82) is 0 Å². The first-order valence-corrected chi connectivity index (χ1v) is 11.4. The number of nitrogens with zero attached hydrogens (tertiary/aromatic N) is 4. The van der Waals surface area contributed by atoms with Crippen LogP contribution in [0.1, 0.15) is 35.1 Å². The Kier molecular flexibility index (Phi) is 4.94. The molecule has 3 heterocycles. The number of aryl methyl sites for hydroxylation is 2. The molecule has 1 fully saturated rings. The number of benzene rings is 1. The minimum atomic E-state index is -2.99. The van der Waals surface area contributed by atoms with Gasteiger partial charge in [0, 0.05) is 23.9 Å². The van der Waals surface area contributed by atoms with Crippen molar-refractivity contribution in [3.05, 3.63) is 58.8 Å². The molecule has 1 aliphatic rings. The van der Waals surface area contributed by atoms with Crippen LogP contribution >= 0.6 is 0 Å². The van der Waals surface area contributed by atoms with Crippen molar-refractivity contribution in [2.45, 2.75) is 39.8 Å². The molecule has 1 saturated heterocycles. The lowest BCUT2D eigenvalue weighted by Crippen LogP contribution is -2.16. The fourth-order valence-electron chi connectivity index (χ4n) is 3.84. The Balaban J connectivity index is 1.57. The van der Waals surface area contributed by atoms with Crippen LogP contribution < -0.4 is 5.32 Å². The highest BCUT2D eigenvalue weighted by Crippen LogP contribution is 2.28. The first-order chi connectivity index (χ1) is 13.7. The fraction of sp³-hybridized carbons (Fsp3) is 0.400. The molecule has 0 aliphatic carbocycles. The molecular weight excluding hydrogens is 393 g/mol. The molecule has 1 N–H and O–H groups in total. The minimum Gasteiger partial charge on any atom is -0.366 e. The van der Waals surface area contributed by atoms with Gasteiger partial charge in [0.2, 0.25) is 0 Å². The van der Waals surface area contributed by atoms with Crippen LogP contribution in [0.3, 0.4) is 0 Å². The summed E-state index contributed by atoms with van der Waals surface area (Å²) in [6.07, 6.45) is 0.582. The number of hydrogen-bond donors (Lipinski definition) is 1. The van der Waals surface area contributed by atoms with Crippen LogP contribution in [0.15, 0.2) is 30.3 Å². The Morgan fingerprint density at radius 2 is 1.90 bits per heavy atom. The van der Waals surface area contributed by atoms with Crippen molar-refractivity contribution in [2.24, 2.45) is 0 Å². The van der Waals surface area contributed by atoms with E-state index in [2.05, 4.69) is 15.5 Å². The van der Waals surface area contributed by atoms with Crippen LogP contribution in [0.2, 0.25) is 0 Å². The summed E-state index contributed by atoms with van der Waals surface area (Å²) in [6.45, 7) is 6.35. The topological polar surface area (TPSA) is 81.8 Å². The van der Waals surface area contributed by atoms with Gasteiger partial charge in [-0.1, -0.05) is 0 Å². The molecule has 0 spiro atoms. The molecule has 9 heteroatoms. The quantitative estimate of drug-likeness (QED) is 0.690. The third kappa shape index (κ3) is 3.91. The molecule has 1 aliphatic heterocycles. The van der Waals surface area contributed by atoms with Gasteiger partial charge in [-0.3, -0.25) is 0 Å². The Bertz CT molecular complexity index is 1150. The van der Waals surface area contributed by atoms with Crippen molar-refractivity contribution >= 4 is 15.7 Å². The van der Waals surface area contributed by atoms with Crippen LogP contribution in [0.4, 0.5) is 10.2 Å². The lowest BCUT2D eigenvalue weighted by molar-refractivity contribution is 0.501. The average Bonchev–Trinajstić information content (AvgIpc) is 3.30. The predicted molar refractivity (Wildman–Crippen MR) is 110 cm³/mol. The zero-order valence-corrected chi connectivity index (χ0v) is 17.5. The molecule has 1 atom stereocenters. The first-order valence-electron chi connectivity index (χ1n) is 9.55. The van der Waals surface area contributed by atoms with E-state index in [4.69, 9.17) is 0 Å². The van der Waals surface area contributed by atoms with Gasteiger partial charge in [-0.2, -0.15) is 10.2 Å². The van der Waals surface area contributed by atoms with E-state index >= 15 is 0 Å². The number of aromatic nitrogens is 4. The molecule has 0 amide bonds. The summed E-state index contributed by atoms with van der Waals surface area (Å²) in [5, 5.41) is 12.5. The number of anilines is 1. The summed E-state index contributed by atoms with van der Waals surface area (Å²) < 4.78 is 40.6.